The molecule has 2 atom stereocenters. The molecule has 0 bridgehead atoms. The van der Waals surface area contributed by atoms with E-state index in [4.69, 9.17) is 18.9 Å². The molecule has 8 heteroatoms. The number of ether oxygens (including phenoxy) is 4. The van der Waals surface area contributed by atoms with Gasteiger partial charge >= 0.3 is 5.97 Å². The van der Waals surface area contributed by atoms with Gasteiger partial charge in [-0.1, -0.05) is 6.58 Å². The van der Waals surface area contributed by atoms with Crippen molar-refractivity contribution in [2.24, 2.45) is 5.92 Å². The van der Waals surface area contributed by atoms with Gasteiger partial charge in [0.25, 0.3) is 0 Å². The van der Waals surface area contributed by atoms with Gasteiger partial charge in [0.1, 0.15) is 11.7 Å². The van der Waals surface area contributed by atoms with Gasteiger partial charge in [-0.3, -0.25) is 14.5 Å². The molecule has 30 heavy (non-hydrogen) atoms. The van der Waals surface area contributed by atoms with Crippen molar-refractivity contribution in [3.8, 4) is 22.3 Å². The standard InChI is InChI=1S/C22H25NO6S/c1-7-28-21(25)17-12(2)14-11-30-22(18(14)20(24)19(17)23(3)4)29-13-8-9-15(26-5)16(10-13)27-6/h8-11,17,19H,2,7H2,1,3-6H3. The number of nitrogens with zero attached hydrogens (tertiary/aromatic N) is 1. The molecule has 0 aliphatic heterocycles. The third kappa shape index (κ3) is 3.80. The zero-order valence-corrected chi connectivity index (χ0v) is 18.5. The fraction of sp³-hybridized carbons (Fsp3) is 0.364. The molecule has 1 aliphatic carbocycles. The Hall–Kier alpha value is -2.84. The molecular weight excluding hydrogens is 406 g/mol. The maximum absolute atomic E-state index is 13.4. The predicted octanol–water partition coefficient (Wildman–Crippen LogP) is 3.88. The van der Waals surface area contributed by atoms with Crippen LogP contribution in [0.5, 0.6) is 22.3 Å². The molecule has 3 rings (SSSR count). The normalized spacial score (nSPS) is 18.2. The van der Waals surface area contributed by atoms with Crippen LogP contribution < -0.4 is 14.2 Å². The molecule has 0 saturated carbocycles. The van der Waals surface area contributed by atoms with E-state index in [1.807, 2.05) is 0 Å². The van der Waals surface area contributed by atoms with Crippen molar-refractivity contribution in [3.63, 3.8) is 0 Å². The van der Waals surface area contributed by atoms with E-state index in [0.29, 0.717) is 39.0 Å². The van der Waals surface area contributed by atoms with Crippen LogP contribution in [0.25, 0.3) is 5.57 Å². The lowest BCUT2D eigenvalue weighted by atomic mass is 9.77. The Balaban J connectivity index is 2.01. The molecule has 0 N–H and O–H groups in total. The van der Waals surface area contributed by atoms with E-state index in [2.05, 4.69) is 6.58 Å². The molecule has 1 aromatic carbocycles. The molecule has 0 spiro atoms. The molecule has 0 saturated heterocycles. The van der Waals surface area contributed by atoms with Gasteiger partial charge in [-0.05, 0) is 38.7 Å². The molecule has 2 aromatic rings. The van der Waals surface area contributed by atoms with Gasteiger partial charge in [-0.2, -0.15) is 0 Å². The Morgan fingerprint density at radius 2 is 1.90 bits per heavy atom. The number of hydrogen-bond donors (Lipinski definition) is 0. The van der Waals surface area contributed by atoms with Crippen molar-refractivity contribution in [3.05, 3.63) is 41.3 Å². The van der Waals surface area contributed by atoms with Gasteiger partial charge in [-0.15, -0.1) is 11.3 Å². The molecule has 1 aliphatic rings. The summed E-state index contributed by atoms with van der Waals surface area (Å²) < 4.78 is 21.8. The number of hydrogen-bond acceptors (Lipinski definition) is 8. The summed E-state index contributed by atoms with van der Waals surface area (Å²) in [5.74, 6) is 0.191. The summed E-state index contributed by atoms with van der Waals surface area (Å²) in [5, 5.41) is 2.24. The Morgan fingerprint density at radius 1 is 1.20 bits per heavy atom. The first-order valence-electron chi connectivity index (χ1n) is 9.41. The number of carbonyl (C=O) groups is 2. The zero-order chi connectivity index (χ0) is 22.0. The highest BCUT2D eigenvalue weighted by molar-refractivity contribution is 7.12. The molecular formula is C22H25NO6S. The molecule has 160 valence electrons. The largest absolute Gasteiger partial charge is 0.493 e. The van der Waals surface area contributed by atoms with Crippen LogP contribution in [0.15, 0.2) is 30.2 Å². The van der Waals surface area contributed by atoms with E-state index in [-0.39, 0.29) is 12.4 Å². The van der Waals surface area contributed by atoms with E-state index >= 15 is 0 Å². The number of likely N-dealkylation sites (N-methyl/N-ethyl adjacent to an activating group) is 1. The number of Topliss-reactive ketones (excluding diaryl/α,β-unsaturated/α-hetero) is 1. The quantitative estimate of drug-likeness (QED) is 0.616. The number of benzene rings is 1. The fourth-order valence-corrected chi connectivity index (χ4v) is 4.53. The lowest BCUT2D eigenvalue weighted by Gasteiger charge is -2.34. The summed E-state index contributed by atoms with van der Waals surface area (Å²) in [4.78, 5) is 27.7. The molecule has 0 amide bonds. The SMILES string of the molecule is C=C1c2csc(Oc3ccc(OC)c(OC)c3)c2C(=O)C(N(C)C)C1C(=O)OCC. The molecule has 1 aromatic heterocycles. The van der Waals surface area contributed by atoms with E-state index < -0.39 is 17.9 Å². The number of rotatable bonds is 7. The number of methoxy groups -OCH3 is 2. The number of ketones is 1. The van der Waals surface area contributed by atoms with Crippen molar-refractivity contribution < 1.29 is 28.5 Å². The van der Waals surface area contributed by atoms with Crippen LogP contribution in [0, 0.1) is 5.92 Å². The highest BCUT2D eigenvalue weighted by atomic mass is 32.1. The van der Waals surface area contributed by atoms with Crippen molar-refractivity contribution in [1.29, 1.82) is 0 Å². The summed E-state index contributed by atoms with van der Waals surface area (Å²) in [5.41, 5.74) is 1.61. The van der Waals surface area contributed by atoms with Crippen LogP contribution in [0.4, 0.5) is 0 Å². The van der Waals surface area contributed by atoms with Gasteiger partial charge in [0.2, 0.25) is 0 Å². The molecule has 0 fully saturated rings. The fourth-order valence-electron chi connectivity index (χ4n) is 3.57. The van der Waals surface area contributed by atoms with E-state index in [1.54, 1.807) is 63.7 Å². The number of esters is 1. The van der Waals surface area contributed by atoms with Crippen LogP contribution >= 0.6 is 11.3 Å². The minimum absolute atomic E-state index is 0.197. The summed E-state index contributed by atoms with van der Waals surface area (Å²) in [6, 6.07) is 4.44. The van der Waals surface area contributed by atoms with Crippen molar-refractivity contribution in [2.75, 3.05) is 34.9 Å². The van der Waals surface area contributed by atoms with Crippen molar-refractivity contribution in [1.82, 2.24) is 4.90 Å². The molecule has 0 radical (unpaired) electrons. The number of fused-ring (bicyclic) bond motifs is 1. The number of carbonyl (C=O) groups excluding carboxylic acids is 2. The second kappa shape index (κ2) is 8.89. The topological polar surface area (TPSA) is 74.3 Å². The molecule has 2 unspecified atom stereocenters. The minimum Gasteiger partial charge on any atom is -0.493 e. The maximum Gasteiger partial charge on any atom is 0.315 e. The molecule has 1 heterocycles. The Labute approximate surface area is 179 Å². The van der Waals surface area contributed by atoms with Crippen LogP contribution in [0.1, 0.15) is 22.8 Å². The Kier molecular flexibility index (Phi) is 6.48. The lowest BCUT2D eigenvalue weighted by molar-refractivity contribution is -0.147. The predicted molar refractivity (Wildman–Crippen MR) is 115 cm³/mol. The third-order valence-electron chi connectivity index (χ3n) is 4.97. The molecule has 7 nitrogen and oxygen atoms in total. The summed E-state index contributed by atoms with van der Waals surface area (Å²) >= 11 is 1.29. The van der Waals surface area contributed by atoms with E-state index in [1.165, 1.54) is 11.3 Å². The van der Waals surface area contributed by atoms with Crippen LogP contribution in [-0.4, -0.2) is 57.6 Å². The van der Waals surface area contributed by atoms with Gasteiger partial charge in [0.05, 0.1) is 32.4 Å². The summed E-state index contributed by atoms with van der Waals surface area (Å²) in [6.45, 7) is 6.09. The first kappa shape index (κ1) is 21.9. The average Bonchev–Trinajstić information content (AvgIpc) is 3.14. The Bertz CT molecular complexity index is 980. The first-order valence-corrected chi connectivity index (χ1v) is 10.3. The Morgan fingerprint density at radius 3 is 2.50 bits per heavy atom. The maximum atomic E-state index is 13.4. The van der Waals surface area contributed by atoms with Gasteiger partial charge in [0.15, 0.2) is 22.3 Å². The van der Waals surface area contributed by atoms with Crippen LogP contribution in [0.2, 0.25) is 0 Å². The highest BCUT2D eigenvalue weighted by Crippen LogP contribution is 2.46. The van der Waals surface area contributed by atoms with Crippen LogP contribution in [-0.2, 0) is 9.53 Å². The van der Waals surface area contributed by atoms with Crippen molar-refractivity contribution in [2.45, 2.75) is 13.0 Å². The second-order valence-corrected chi connectivity index (χ2v) is 7.80. The second-order valence-electron chi connectivity index (χ2n) is 6.96. The van der Waals surface area contributed by atoms with Crippen molar-refractivity contribution >= 4 is 28.7 Å². The third-order valence-corrected chi connectivity index (χ3v) is 5.83. The van der Waals surface area contributed by atoms with Gasteiger partial charge in [-0.25, -0.2) is 0 Å². The average molecular weight is 432 g/mol. The summed E-state index contributed by atoms with van der Waals surface area (Å²) in [7, 11) is 6.61. The summed E-state index contributed by atoms with van der Waals surface area (Å²) in [6.07, 6.45) is 0. The highest BCUT2D eigenvalue weighted by Gasteiger charge is 2.46. The first-order chi connectivity index (χ1) is 14.3. The van der Waals surface area contributed by atoms with E-state index in [9.17, 15) is 9.59 Å². The smallest absolute Gasteiger partial charge is 0.315 e. The van der Waals surface area contributed by atoms with Crippen LogP contribution in [0.3, 0.4) is 0 Å². The number of thiophene rings is 1. The zero-order valence-electron chi connectivity index (χ0n) is 17.7. The van der Waals surface area contributed by atoms with Gasteiger partial charge < -0.3 is 18.9 Å². The lowest BCUT2D eigenvalue weighted by Crippen LogP contribution is -2.48. The van der Waals surface area contributed by atoms with Gasteiger partial charge in [0, 0.05) is 17.0 Å². The monoisotopic (exact) mass is 431 g/mol. The van der Waals surface area contributed by atoms with E-state index in [0.717, 1.165) is 0 Å². The minimum atomic E-state index is -0.761.